The molecule has 0 spiro atoms. The summed E-state index contributed by atoms with van der Waals surface area (Å²) in [6.07, 6.45) is 15.7. The molecule has 0 saturated carbocycles. The molecule has 0 aliphatic heterocycles. The molecule has 0 amide bonds. The van der Waals surface area contributed by atoms with Gasteiger partial charge in [-0.1, -0.05) is 6.92 Å². The van der Waals surface area contributed by atoms with E-state index in [1.165, 1.54) is 63.2 Å². The van der Waals surface area contributed by atoms with E-state index in [0.717, 1.165) is 0 Å². The number of methoxy groups -OCH3 is 1. The molecule has 25 heavy (non-hydrogen) atoms. The average molecular weight is 383 g/mol. The SMILES string of the molecule is CCCC(=O)OF.CCCC[PH](CCCC)(CCCC)CC(C)OC. The summed E-state index contributed by atoms with van der Waals surface area (Å²) in [6, 6.07) is 0. The van der Waals surface area contributed by atoms with E-state index < -0.39 is 13.2 Å². The van der Waals surface area contributed by atoms with E-state index in [-0.39, 0.29) is 6.42 Å². The topological polar surface area (TPSA) is 35.5 Å². The first-order valence-electron chi connectivity index (χ1n) is 10.3. The van der Waals surface area contributed by atoms with Crippen LogP contribution < -0.4 is 0 Å². The third-order valence-corrected chi connectivity index (χ3v) is 10.5. The summed E-state index contributed by atoms with van der Waals surface area (Å²) in [5, 5.41) is 0. The minimum atomic E-state index is -1.07. The molecule has 0 fully saturated rings. The third-order valence-electron chi connectivity index (χ3n) is 4.84. The van der Waals surface area contributed by atoms with Gasteiger partial charge in [0.05, 0.1) is 0 Å². The van der Waals surface area contributed by atoms with E-state index in [9.17, 15) is 9.32 Å². The van der Waals surface area contributed by atoms with Crippen LogP contribution in [0.1, 0.15) is 86.0 Å². The molecule has 154 valence electrons. The van der Waals surface area contributed by atoms with Crippen molar-refractivity contribution < 1.29 is 19.0 Å². The Kier molecular flexibility index (Phi) is 20.1. The quantitative estimate of drug-likeness (QED) is 0.327. The number of carbonyl (C=O) groups is 1. The molecule has 0 aliphatic rings. The van der Waals surface area contributed by atoms with Gasteiger partial charge in [0.15, 0.2) is 0 Å². The fourth-order valence-corrected chi connectivity index (χ4v) is 9.33. The molecule has 0 saturated heterocycles. The molecule has 0 aromatic rings. The van der Waals surface area contributed by atoms with Gasteiger partial charge < -0.3 is 0 Å². The molecule has 0 N–H and O–H groups in total. The second-order valence-corrected chi connectivity index (χ2v) is 12.2. The van der Waals surface area contributed by atoms with Crippen molar-refractivity contribution in [3.63, 3.8) is 0 Å². The fraction of sp³-hybridized carbons (Fsp3) is 0.950. The molecule has 5 heteroatoms. The van der Waals surface area contributed by atoms with Crippen molar-refractivity contribution in [3.05, 3.63) is 0 Å². The van der Waals surface area contributed by atoms with Gasteiger partial charge in [0.1, 0.15) is 0 Å². The van der Waals surface area contributed by atoms with Crippen LogP contribution in [0, 0.1) is 0 Å². The Balaban J connectivity index is 0. The predicted octanol–water partition coefficient (Wildman–Crippen LogP) is 6.39. The van der Waals surface area contributed by atoms with Gasteiger partial charge in [0.2, 0.25) is 0 Å². The predicted molar refractivity (Wildman–Crippen MR) is 111 cm³/mol. The first-order valence-corrected chi connectivity index (χ1v) is 13.1. The number of rotatable bonds is 14. The summed E-state index contributed by atoms with van der Waals surface area (Å²) in [4.78, 5) is 12.7. The number of carbonyl (C=O) groups excluding carboxylic acids is 1. The molecule has 3 nitrogen and oxygen atoms in total. The van der Waals surface area contributed by atoms with E-state index in [4.69, 9.17) is 4.74 Å². The van der Waals surface area contributed by atoms with E-state index in [1.54, 1.807) is 6.92 Å². The Labute approximate surface area is 156 Å². The molecule has 0 heterocycles. The van der Waals surface area contributed by atoms with Crippen molar-refractivity contribution >= 4 is 13.2 Å². The van der Waals surface area contributed by atoms with Crippen LogP contribution >= 0.6 is 7.26 Å². The van der Waals surface area contributed by atoms with Crippen molar-refractivity contribution in [2.75, 3.05) is 31.8 Å². The summed E-state index contributed by atoms with van der Waals surface area (Å²) < 4.78 is 16.3. The van der Waals surface area contributed by atoms with Crippen LogP contribution in [-0.4, -0.2) is 43.8 Å². The summed E-state index contributed by atoms with van der Waals surface area (Å²) in [5.74, 6) is -0.789. The van der Waals surface area contributed by atoms with Crippen molar-refractivity contribution in [1.82, 2.24) is 0 Å². The maximum atomic E-state index is 10.7. The van der Waals surface area contributed by atoms with Crippen LogP contribution in [0.3, 0.4) is 0 Å². The zero-order valence-electron chi connectivity index (χ0n) is 17.7. The Hall–Kier alpha value is -0.210. The minimum absolute atomic E-state index is 0.163. The summed E-state index contributed by atoms with van der Waals surface area (Å²) >= 11 is 0. The van der Waals surface area contributed by atoms with Crippen LogP contribution in [0.4, 0.5) is 4.53 Å². The molecule has 0 aliphatic carbocycles. The maximum absolute atomic E-state index is 10.7. The van der Waals surface area contributed by atoms with Crippen molar-refractivity contribution in [1.29, 1.82) is 0 Å². The third kappa shape index (κ3) is 15.7. The van der Waals surface area contributed by atoms with Gasteiger partial charge in [-0.15, -0.1) is 0 Å². The van der Waals surface area contributed by atoms with Crippen LogP contribution in [0.2, 0.25) is 0 Å². The molecular weight excluding hydrogens is 338 g/mol. The summed E-state index contributed by atoms with van der Waals surface area (Å²) in [6.45, 7) is 11.0. The van der Waals surface area contributed by atoms with Crippen LogP contribution in [-0.2, 0) is 14.5 Å². The van der Waals surface area contributed by atoms with Crippen molar-refractivity contribution in [2.45, 2.75) is 92.1 Å². The normalized spacial score (nSPS) is 12.9. The molecule has 0 rings (SSSR count). The fourth-order valence-electron chi connectivity index (χ4n) is 3.27. The van der Waals surface area contributed by atoms with Gasteiger partial charge >= 0.3 is 122 Å². The Morgan fingerprint density at radius 3 is 1.60 bits per heavy atom. The Bertz CT molecular complexity index is 279. The number of unbranched alkanes of at least 4 members (excludes halogenated alkanes) is 3. The number of hydrogen-bond acceptors (Lipinski definition) is 3. The monoisotopic (exact) mass is 382 g/mol. The second-order valence-electron chi connectivity index (χ2n) is 7.26. The Morgan fingerprint density at radius 1 is 0.920 bits per heavy atom. The Morgan fingerprint density at radius 2 is 1.36 bits per heavy atom. The van der Waals surface area contributed by atoms with Gasteiger partial charge in [-0.05, 0) is 6.42 Å². The average Bonchev–Trinajstić information content (AvgIpc) is 2.63. The van der Waals surface area contributed by atoms with Crippen LogP contribution in [0.5, 0.6) is 0 Å². The first kappa shape index (κ1) is 27.0. The second kappa shape index (κ2) is 18.6. The van der Waals surface area contributed by atoms with Crippen molar-refractivity contribution in [2.24, 2.45) is 0 Å². The molecule has 1 atom stereocenters. The molecule has 0 radical (unpaired) electrons. The molecule has 1 unspecified atom stereocenters. The number of ether oxygens (including phenoxy) is 1. The summed E-state index contributed by atoms with van der Waals surface area (Å²) in [5.41, 5.74) is 0. The molecule has 0 bridgehead atoms. The van der Waals surface area contributed by atoms with Gasteiger partial charge in [-0.25, -0.2) is 4.79 Å². The number of halogens is 1. The van der Waals surface area contributed by atoms with Crippen LogP contribution in [0.25, 0.3) is 0 Å². The van der Waals surface area contributed by atoms with Gasteiger partial charge in [0, 0.05) is 10.9 Å². The zero-order chi connectivity index (χ0) is 19.6. The van der Waals surface area contributed by atoms with E-state index in [2.05, 4.69) is 32.6 Å². The first-order chi connectivity index (χ1) is 11.9. The van der Waals surface area contributed by atoms with Gasteiger partial charge in [-0.2, -0.15) is 0 Å². The van der Waals surface area contributed by atoms with E-state index in [0.29, 0.717) is 12.5 Å². The molecular formula is C20H44FO3P. The molecule has 0 aromatic heterocycles. The molecule has 0 aromatic carbocycles. The van der Waals surface area contributed by atoms with E-state index in [1.807, 2.05) is 7.11 Å². The summed E-state index contributed by atoms with van der Waals surface area (Å²) in [7, 11) is 0.811. The van der Waals surface area contributed by atoms with Gasteiger partial charge in [-0.3, -0.25) is 4.94 Å². The van der Waals surface area contributed by atoms with E-state index >= 15 is 0 Å². The van der Waals surface area contributed by atoms with Crippen molar-refractivity contribution in [3.8, 4) is 0 Å². The van der Waals surface area contributed by atoms with Gasteiger partial charge in [0.25, 0.3) is 0 Å². The standard InChI is InChI=1S/C16H37OP.C4H7FO2/c1-6-9-12-18(13-10-7-2,14-11-8-3)15-16(4)17-5;1-2-3-4(6)7-5/h16,18H,6-15H2,1-5H3;2-3H2,1H3. The van der Waals surface area contributed by atoms with Crippen LogP contribution in [0.15, 0.2) is 0 Å². The zero-order valence-corrected chi connectivity index (χ0v) is 18.7. The number of hydrogen-bond donors (Lipinski definition) is 0.